The zero-order chi connectivity index (χ0) is 10.4. The van der Waals surface area contributed by atoms with Crippen molar-refractivity contribution in [3.05, 3.63) is 0 Å². The van der Waals surface area contributed by atoms with Gasteiger partial charge in [0.25, 0.3) is 6.43 Å². The Morgan fingerprint density at radius 3 is 2.79 bits per heavy atom. The average molecular weight is 209 g/mol. The number of aliphatic hydroxyl groups excluding tert-OH is 1. The third-order valence-electron chi connectivity index (χ3n) is 2.29. The van der Waals surface area contributed by atoms with E-state index in [1.165, 1.54) is 0 Å². The van der Waals surface area contributed by atoms with Gasteiger partial charge in [-0.3, -0.25) is 0 Å². The van der Waals surface area contributed by atoms with Gasteiger partial charge in [0.1, 0.15) is 6.10 Å². The highest BCUT2D eigenvalue weighted by molar-refractivity contribution is 4.68. The maximum absolute atomic E-state index is 11.9. The molecule has 1 saturated heterocycles. The van der Waals surface area contributed by atoms with Crippen molar-refractivity contribution in [1.82, 2.24) is 5.32 Å². The second-order valence-electron chi connectivity index (χ2n) is 3.55. The summed E-state index contributed by atoms with van der Waals surface area (Å²) in [7, 11) is 0. The molecular formula is C9H17F2NO2. The standard InChI is InChI=1S/C9H17F2NO2/c10-9(11)8(13)6-12-5-7-3-1-2-4-14-7/h7-9,12-13H,1-6H2. The normalized spacial score (nSPS) is 25.3. The zero-order valence-corrected chi connectivity index (χ0v) is 8.09. The van der Waals surface area contributed by atoms with Gasteiger partial charge in [-0.15, -0.1) is 0 Å². The molecule has 1 aliphatic heterocycles. The number of rotatable bonds is 5. The van der Waals surface area contributed by atoms with Crippen LogP contribution in [0.3, 0.4) is 0 Å². The van der Waals surface area contributed by atoms with Crippen LogP contribution in [0, 0.1) is 0 Å². The molecule has 0 aromatic rings. The van der Waals surface area contributed by atoms with Crippen LogP contribution in [-0.4, -0.2) is 43.4 Å². The first-order valence-electron chi connectivity index (χ1n) is 4.98. The fraction of sp³-hybridized carbons (Fsp3) is 1.00. The van der Waals surface area contributed by atoms with Crippen molar-refractivity contribution in [1.29, 1.82) is 0 Å². The Bertz CT molecular complexity index is 152. The number of ether oxygens (including phenoxy) is 1. The summed E-state index contributed by atoms with van der Waals surface area (Å²) in [5.74, 6) is 0. The number of hydrogen-bond donors (Lipinski definition) is 2. The molecule has 2 N–H and O–H groups in total. The van der Waals surface area contributed by atoms with Crippen LogP contribution in [0.15, 0.2) is 0 Å². The molecule has 14 heavy (non-hydrogen) atoms. The first kappa shape index (κ1) is 11.8. The Kier molecular flexibility index (Phi) is 5.29. The van der Waals surface area contributed by atoms with E-state index in [0.717, 1.165) is 25.9 Å². The number of aliphatic hydroxyl groups is 1. The van der Waals surface area contributed by atoms with Gasteiger partial charge in [0.15, 0.2) is 0 Å². The first-order valence-corrected chi connectivity index (χ1v) is 4.98. The predicted molar refractivity (Wildman–Crippen MR) is 48.5 cm³/mol. The molecule has 0 aromatic heterocycles. The molecule has 0 saturated carbocycles. The highest BCUT2D eigenvalue weighted by Gasteiger charge is 2.18. The largest absolute Gasteiger partial charge is 0.386 e. The van der Waals surface area contributed by atoms with E-state index in [-0.39, 0.29) is 12.6 Å². The molecule has 0 aromatic carbocycles. The van der Waals surface area contributed by atoms with Crippen LogP contribution in [0.2, 0.25) is 0 Å². The van der Waals surface area contributed by atoms with Crippen LogP contribution < -0.4 is 5.32 Å². The molecule has 1 aliphatic rings. The average Bonchev–Trinajstić information content (AvgIpc) is 2.19. The molecule has 3 nitrogen and oxygen atoms in total. The van der Waals surface area contributed by atoms with Crippen LogP contribution in [0.5, 0.6) is 0 Å². The molecular weight excluding hydrogens is 192 g/mol. The molecule has 1 rings (SSSR count). The predicted octanol–water partition coefficient (Wildman–Crippen LogP) is 0.771. The van der Waals surface area contributed by atoms with E-state index in [1.807, 2.05) is 0 Å². The van der Waals surface area contributed by atoms with Crippen LogP contribution >= 0.6 is 0 Å². The van der Waals surface area contributed by atoms with Crippen molar-refractivity contribution >= 4 is 0 Å². The lowest BCUT2D eigenvalue weighted by atomic mass is 10.1. The van der Waals surface area contributed by atoms with Crippen LogP contribution in [0.1, 0.15) is 19.3 Å². The molecule has 5 heteroatoms. The topological polar surface area (TPSA) is 41.5 Å². The lowest BCUT2D eigenvalue weighted by Crippen LogP contribution is -2.38. The SMILES string of the molecule is OC(CNCC1CCCCO1)C(F)F. The molecule has 0 amide bonds. The van der Waals surface area contributed by atoms with Crippen molar-refractivity contribution in [2.24, 2.45) is 0 Å². The van der Waals surface area contributed by atoms with Crippen LogP contribution in [0.25, 0.3) is 0 Å². The van der Waals surface area contributed by atoms with E-state index in [0.29, 0.717) is 6.54 Å². The molecule has 2 atom stereocenters. The Hall–Kier alpha value is -0.260. The third-order valence-corrected chi connectivity index (χ3v) is 2.29. The van der Waals surface area contributed by atoms with E-state index in [1.54, 1.807) is 0 Å². The minimum Gasteiger partial charge on any atom is -0.386 e. The lowest BCUT2D eigenvalue weighted by molar-refractivity contribution is -0.0115. The fourth-order valence-electron chi connectivity index (χ4n) is 1.45. The highest BCUT2D eigenvalue weighted by Crippen LogP contribution is 2.11. The summed E-state index contributed by atoms with van der Waals surface area (Å²) in [6.07, 6.45) is -0.945. The molecule has 2 unspecified atom stereocenters. The fourth-order valence-corrected chi connectivity index (χ4v) is 1.45. The van der Waals surface area contributed by atoms with Gasteiger partial charge in [-0.1, -0.05) is 0 Å². The summed E-state index contributed by atoms with van der Waals surface area (Å²) in [5, 5.41) is 11.6. The third kappa shape index (κ3) is 4.30. The van der Waals surface area contributed by atoms with Gasteiger partial charge in [0, 0.05) is 19.7 Å². The summed E-state index contributed by atoms with van der Waals surface area (Å²) < 4.78 is 29.1. The molecule has 0 aliphatic carbocycles. The lowest BCUT2D eigenvalue weighted by Gasteiger charge is -2.23. The van der Waals surface area contributed by atoms with Gasteiger partial charge in [-0.05, 0) is 19.3 Å². The van der Waals surface area contributed by atoms with E-state index in [4.69, 9.17) is 9.84 Å². The van der Waals surface area contributed by atoms with Crippen molar-refractivity contribution < 1.29 is 18.6 Å². The quantitative estimate of drug-likeness (QED) is 0.702. The van der Waals surface area contributed by atoms with Crippen LogP contribution in [-0.2, 0) is 4.74 Å². The number of hydrogen-bond acceptors (Lipinski definition) is 3. The number of nitrogens with one attached hydrogen (secondary N) is 1. The molecule has 1 fully saturated rings. The van der Waals surface area contributed by atoms with Crippen molar-refractivity contribution in [3.63, 3.8) is 0 Å². The highest BCUT2D eigenvalue weighted by atomic mass is 19.3. The molecule has 0 spiro atoms. The van der Waals surface area contributed by atoms with E-state index in [2.05, 4.69) is 5.32 Å². The van der Waals surface area contributed by atoms with Crippen molar-refractivity contribution in [2.75, 3.05) is 19.7 Å². The van der Waals surface area contributed by atoms with E-state index < -0.39 is 12.5 Å². The molecule has 0 radical (unpaired) electrons. The summed E-state index contributed by atoms with van der Waals surface area (Å²) >= 11 is 0. The Morgan fingerprint density at radius 1 is 1.43 bits per heavy atom. The number of halogens is 2. The monoisotopic (exact) mass is 209 g/mol. The van der Waals surface area contributed by atoms with Gasteiger partial charge >= 0.3 is 0 Å². The van der Waals surface area contributed by atoms with Crippen molar-refractivity contribution in [3.8, 4) is 0 Å². The van der Waals surface area contributed by atoms with Gasteiger partial charge < -0.3 is 15.2 Å². The first-order chi connectivity index (χ1) is 6.70. The maximum Gasteiger partial charge on any atom is 0.265 e. The maximum atomic E-state index is 11.9. The van der Waals surface area contributed by atoms with Gasteiger partial charge in [0.05, 0.1) is 6.10 Å². The summed E-state index contributed by atoms with van der Waals surface area (Å²) in [6.45, 7) is 1.23. The summed E-state index contributed by atoms with van der Waals surface area (Å²) in [5.41, 5.74) is 0. The van der Waals surface area contributed by atoms with E-state index >= 15 is 0 Å². The molecule has 0 bridgehead atoms. The Labute approximate surface area is 82.4 Å². The van der Waals surface area contributed by atoms with Crippen LogP contribution in [0.4, 0.5) is 8.78 Å². The molecule has 1 heterocycles. The smallest absolute Gasteiger partial charge is 0.265 e. The summed E-state index contributed by atoms with van der Waals surface area (Å²) in [4.78, 5) is 0. The zero-order valence-electron chi connectivity index (χ0n) is 8.09. The van der Waals surface area contributed by atoms with Crippen molar-refractivity contribution in [2.45, 2.75) is 37.9 Å². The second kappa shape index (κ2) is 6.27. The molecule has 84 valence electrons. The number of alkyl halides is 2. The van der Waals surface area contributed by atoms with Gasteiger partial charge in [0.2, 0.25) is 0 Å². The minimum absolute atomic E-state index is 0.0719. The Morgan fingerprint density at radius 2 is 2.21 bits per heavy atom. The van der Waals surface area contributed by atoms with Gasteiger partial charge in [-0.2, -0.15) is 0 Å². The Balaban J connectivity index is 2.02. The minimum atomic E-state index is -2.67. The summed E-state index contributed by atoms with van der Waals surface area (Å²) in [6, 6.07) is 0. The van der Waals surface area contributed by atoms with E-state index in [9.17, 15) is 8.78 Å². The second-order valence-corrected chi connectivity index (χ2v) is 3.55. The van der Waals surface area contributed by atoms with Gasteiger partial charge in [-0.25, -0.2) is 8.78 Å².